The number of amides is 1. The second kappa shape index (κ2) is 6.67. The quantitative estimate of drug-likeness (QED) is 0.756. The average molecular weight is 283 g/mol. The van der Waals surface area contributed by atoms with Crippen molar-refractivity contribution in [2.45, 2.75) is 37.5 Å². The van der Waals surface area contributed by atoms with E-state index < -0.39 is 18.2 Å². The minimum Gasteiger partial charge on any atom is -0.484 e. The Labute approximate surface area is 116 Å². The third kappa shape index (κ3) is 3.91. The van der Waals surface area contributed by atoms with Gasteiger partial charge in [0.05, 0.1) is 18.2 Å². The molecule has 3 atom stereocenters. The van der Waals surface area contributed by atoms with Gasteiger partial charge in [0.1, 0.15) is 11.6 Å². The summed E-state index contributed by atoms with van der Waals surface area (Å²) in [6, 6.07) is 4.90. The predicted octanol–water partition coefficient (Wildman–Crippen LogP) is 0.595. The molecular formula is C14H18FNO4. The van der Waals surface area contributed by atoms with Crippen LogP contribution < -0.4 is 10.1 Å². The highest BCUT2D eigenvalue weighted by atomic mass is 19.1. The number of carbonyl (C=O) groups excluding carboxylic acids is 1. The fraction of sp³-hybridized carbons (Fsp3) is 0.500. The van der Waals surface area contributed by atoms with Crippen LogP contribution in [0.2, 0.25) is 0 Å². The van der Waals surface area contributed by atoms with E-state index in [0.29, 0.717) is 18.6 Å². The van der Waals surface area contributed by atoms with Crippen LogP contribution in [-0.4, -0.2) is 41.0 Å². The second-order valence-electron chi connectivity index (χ2n) is 4.91. The Morgan fingerprint density at radius 1 is 1.30 bits per heavy atom. The maximum absolute atomic E-state index is 12.7. The second-order valence-corrected chi connectivity index (χ2v) is 4.91. The standard InChI is InChI=1S/C14H18FNO4/c15-9-4-6-10(7-5-9)20-8-13(18)16-11-2-1-3-12(17)14(11)19/h4-7,11-12,14,17,19H,1-3,8H2,(H,16,18)/t11-,12-,14-/m1/s1. The molecule has 3 N–H and O–H groups in total. The smallest absolute Gasteiger partial charge is 0.258 e. The minimum absolute atomic E-state index is 0.217. The van der Waals surface area contributed by atoms with Gasteiger partial charge in [0, 0.05) is 0 Å². The molecular weight excluding hydrogens is 265 g/mol. The lowest BCUT2D eigenvalue weighted by atomic mass is 9.90. The Kier molecular flexibility index (Phi) is 4.92. The fourth-order valence-electron chi connectivity index (χ4n) is 2.24. The van der Waals surface area contributed by atoms with E-state index >= 15 is 0 Å². The molecule has 20 heavy (non-hydrogen) atoms. The van der Waals surface area contributed by atoms with Gasteiger partial charge in [0.2, 0.25) is 0 Å². The van der Waals surface area contributed by atoms with Crippen molar-refractivity contribution >= 4 is 5.91 Å². The third-order valence-electron chi connectivity index (χ3n) is 3.35. The van der Waals surface area contributed by atoms with Gasteiger partial charge in [0.25, 0.3) is 5.91 Å². The van der Waals surface area contributed by atoms with E-state index in [4.69, 9.17) is 4.74 Å². The molecule has 1 fully saturated rings. The van der Waals surface area contributed by atoms with Gasteiger partial charge in [-0.15, -0.1) is 0 Å². The number of rotatable bonds is 4. The van der Waals surface area contributed by atoms with Crippen LogP contribution in [0.1, 0.15) is 19.3 Å². The number of aliphatic hydroxyl groups excluding tert-OH is 2. The first-order chi connectivity index (χ1) is 9.56. The average Bonchev–Trinajstić information content (AvgIpc) is 2.43. The molecule has 6 heteroatoms. The summed E-state index contributed by atoms with van der Waals surface area (Å²) in [6.07, 6.45) is 0.174. The van der Waals surface area contributed by atoms with Gasteiger partial charge in [-0.05, 0) is 43.5 Å². The highest BCUT2D eigenvalue weighted by molar-refractivity contribution is 5.77. The first-order valence-corrected chi connectivity index (χ1v) is 6.60. The maximum Gasteiger partial charge on any atom is 0.258 e. The van der Waals surface area contributed by atoms with E-state index in [-0.39, 0.29) is 18.3 Å². The summed E-state index contributed by atoms with van der Waals surface area (Å²) in [5.74, 6) is -0.362. The van der Waals surface area contributed by atoms with Gasteiger partial charge in [-0.25, -0.2) is 4.39 Å². The molecule has 0 aromatic heterocycles. The summed E-state index contributed by atoms with van der Waals surface area (Å²) in [4.78, 5) is 11.7. The summed E-state index contributed by atoms with van der Waals surface area (Å²) in [7, 11) is 0. The molecule has 1 aliphatic rings. The highest BCUT2D eigenvalue weighted by Crippen LogP contribution is 2.19. The number of hydrogen-bond donors (Lipinski definition) is 3. The molecule has 0 radical (unpaired) electrons. The van der Waals surface area contributed by atoms with Crippen LogP contribution in [0, 0.1) is 5.82 Å². The molecule has 1 aliphatic carbocycles. The highest BCUT2D eigenvalue weighted by Gasteiger charge is 2.31. The zero-order valence-corrected chi connectivity index (χ0v) is 11.0. The largest absolute Gasteiger partial charge is 0.484 e. The molecule has 0 unspecified atom stereocenters. The molecule has 0 heterocycles. The van der Waals surface area contributed by atoms with E-state index in [0.717, 1.165) is 6.42 Å². The van der Waals surface area contributed by atoms with Crippen LogP contribution in [0.15, 0.2) is 24.3 Å². The Morgan fingerprint density at radius 3 is 2.70 bits per heavy atom. The Bertz CT molecular complexity index is 451. The lowest BCUT2D eigenvalue weighted by molar-refractivity contribution is -0.126. The van der Waals surface area contributed by atoms with E-state index in [1.54, 1.807) is 0 Å². The maximum atomic E-state index is 12.7. The Hall–Kier alpha value is -1.66. The van der Waals surface area contributed by atoms with Crippen LogP contribution in [0.4, 0.5) is 4.39 Å². The van der Waals surface area contributed by atoms with Crippen molar-refractivity contribution in [3.63, 3.8) is 0 Å². The lowest BCUT2D eigenvalue weighted by Gasteiger charge is -2.32. The van der Waals surface area contributed by atoms with Crippen LogP contribution >= 0.6 is 0 Å². The van der Waals surface area contributed by atoms with Gasteiger partial charge >= 0.3 is 0 Å². The van der Waals surface area contributed by atoms with Gasteiger partial charge < -0.3 is 20.3 Å². The number of carbonyl (C=O) groups is 1. The van der Waals surface area contributed by atoms with Gasteiger partial charge in [0.15, 0.2) is 6.61 Å². The predicted molar refractivity (Wildman–Crippen MR) is 69.7 cm³/mol. The van der Waals surface area contributed by atoms with Crippen molar-refractivity contribution in [2.75, 3.05) is 6.61 Å². The van der Waals surface area contributed by atoms with Crippen molar-refractivity contribution in [3.8, 4) is 5.75 Å². The van der Waals surface area contributed by atoms with Crippen molar-refractivity contribution in [2.24, 2.45) is 0 Å². The van der Waals surface area contributed by atoms with Crippen LogP contribution in [0.25, 0.3) is 0 Å². The summed E-state index contributed by atoms with van der Waals surface area (Å²) < 4.78 is 17.9. The zero-order valence-electron chi connectivity index (χ0n) is 11.0. The molecule has 1 aromatic carbocycles. The van der Waals surface area contributed by atoms with Crippen molar-refractivity contribution in [1.29, 1.82) is 0 Å². The number of halogens is 1. The topological polar surface area (TPSA) is 78.8 Å². The number of ether oxygens (including phenoxy) is 1. The van der Waals surface area contributed by atoms with E-state index in [9.17, 15) is 19.4 Å². The summed E-state index contributed by atoms with van der Waals surface area (Å²) in [5, 5.41) is 21.9. The van der Waals surface area contributed by atoms with E-state index in [2.05, 4.69) is 5.32 Å². The molecule has 1 amide bonds. The molecule has 1 aromatic rings. The number of aliphatic hydroxyl groups is 2. The number of benzene rings is 1. The van der Waals surface area contributed by atoms with Crippen molar-refractivity contribution in [1.82, 2.24) is 5.32 Å². The fourth-order valence-corrected chi connectivity index (χ4v) is 2.24. The van der Waals surface area contributed by atoms with Crippen LogP contribution in [0.5, 0.6) is 5.75 Å². The van der Waals surface area contributed by atoms with Crippen molar-refractivity contribution < 1.29 is 24.1 Å². The number of hydrogen-bond acceptors (Lipinski definition) is 4. The van der Waals surface area contributed by atoms with E-state index in [1.807, 2.05) is 0 Å². The molecule has 1 saturated carbocycles. The molecule has 2 rings (SSSR count). The Morgan fingerprint density at radius 2 is 2.00 bits per heavy atom. The van der Waals surface area contributed by atoms with Gasteiger partial charge in [-0.1, -0.05) is 0 Å². The molecule has 110 valence electrons. The van der Waals surface area contributed by atoms with Crippen LogP contribution in [0.3, 0.4) is 0 Å². The normalized spacial score (nSPS) is 26.1. The molecule has 0 bridgehead atoms. The number of nitrogens with one attached hydrogen (secondary N) is 1. The molecule has 0 saturated heterocycles. The van der Waals surface area contributed by atoms with Crippen LogP contribution in [-0.2, 0) is 4.79 Å². The monoisotopic (exact) mass is 283 g/mol. The lowest BCUT2D eigenvalue weighted by Crippen LogP contribution is -2.51. The summed E-state index contributed by atoms with van der Waals surface area (Å²) >= 11 is 0. The first-order valence-electron chi connectivity index (χ1n) is 6.60. The molecule has 0 spiro atoms. The molecule has 0 aliphatic heterocycles. The zero-order chi connectivity index (χ0) is 14.5. The SMILES string of the molecule is O=C(COc1ccc(F)cc1)N[C@@H]1CCC[C@@H](O)[C@@H]1O. The van der Waals surface area contributed by atoms with Crippen molar-refractivity contribution in [3.05, 3.63) is 30.1 Å². The first kappa shape index (κ1) is 14.7. The summed E-state index contributed by atoms with van der Waals surface area (Å²) in [5.41, 5.74) is 0. The Balaban J connectivity index is 1.79. The molecule has 5 nitrogen and oxygen atoms in total. The summed E-state index contributed by atoms with van der Waals surface area (Å²) in [6.45, 7) is -0.217. The van der Waals surface area contributed by atoms with E-state index in [1.165, 1.54) is 24.3 Å². The third-order valence-corrected chi connectivity index (χ3v) is 3.35. The minimum atomic E-state index is -0.946. The van der Waals surface area contributed by atoms with Gasteiger partial charge in [-0.3, -0.25) is 4.79 Å². The van der Waals surface area contributed by atoms with Gasteiger partial charge in [-0.2, -0.15) is 0 Å².